The first kappa shape index (κ1) is 18.4. The summed E-state index contributed by atoms with van der Waals surface area (Å²) >= 11 is 7.39. The molecule has 2 aromatic rings. The molecular weight excluding hydrogens is 357 g/mol. The van der Waals surface area contributed by atoms with Crippen molar-refractivity contribution in [1.82, 2.24) is 4.98 Å². The molecule has 0 fully saturated rings. The molecule has 23 heavy (non-hydrogen) atoms. The molecule has 0 aliphatic heterocycles. The third-order valence-electron chi connectivity index (χ3n) is 3.29. The molecule has 0 saturated heterocycles. The van der Waals surface area contributed by atoms with Gasteiger partial charge in [-0.25, -0.2) is 17.8 Å². The van der Waals surface area contributed by atoms with Crippen LogP contribution in [0.25, 0.3) is 0 Å². The Hall–Kier alpha value is -0.980. The predicted molar refractivity (Wildman–Crippen MR) is 93.0 cm³/mol. The van der Waals surface area contributed by atoms with Crippen molar-refractivity contribution in [1.29, 1.82) is 0 Å². The maximum absolute atomic E-state index is 13.0. The molecule has 2 rings (SSSR count). The fourth-order valence-corrected chi connectivity index (χ4v) is 4.75. The van der Waals surface area contributed by atoms with Crippen LogP contribution >= 0.6 is 22.9 Å². The van der Waals surface area contributed by atoms with E-state index >= 15 is 0 Å². The van der Waals surface area contributed by atoms with Crippen LogP contribution in [-0.2, 0) is 27.8 Å². The summed E-state index contributed by atoms with van der Waals surface area (Å²) in [5.74, 6) is -0.235. The van der Waals surface area contributed by atoms with Gasteiger partial charge in [0.05, 0.1) is 22.2 Å². The molecule has 0 atom stereocenters. The molecule has 7 heteroatoms. The second-order valence-electron chi connectivity index (χ2n) is 5.93. The summed E-state index contributed by atoms with van der Waals surface area (Å²) in [6, 6.07) is 3.74. The van der Waals surface area contributed by atoms with E-state index in [4.69, 9.17) is 11.6 Å². The third-order valence-corrected chi connectivity index (χ3v) is 6.09. The Bertz CT molecular complexity index is 772. The van der Waals surface area contributed by atoms with Crippen molar-refractivity contribution in [3.05, 3.63) is 50.7 Å². The summed E-state index contributed by atoms with van der Waals surface area (Å²) < 4.78 is 37.6. The highest BCUT2D eigenvalue weighted by atomic mass is 35.5. The van der Waals surface area contributed by atoms with Gasteiger partial charge in [0.15, 0.2) is 9.84 Å². The van der Waals surface area contributed by atoms with Gasteiger partial charge in [0, 0.05) is 10.4 Å². The van der Waals surface area contributed by atoms with Gasteiger partial charge in [-0.2, -0.15) is 0 Å². The van der Waals surface area contributed by atoms with Crippen LogP contribution in [0.2, 0.25) is 5.02 Å². The molecule has 3 nitrogen and oxygen atoms in total. The number of rotatable bonds is 7. The fraction of sp³-hybridized carbons (Fsp3) is 0.438. The Balaban J connectivity index is 2.03. The van der Waals surface area contributed by atoms with Crippen LogP contribution in [0.4, 0.5) is 4.39 Å². The van der Waals surface area contributed by atoms with Crippen LogP contribution in [-0.4, -0.2) is 13.4 Å². The van der Waals surface area contributed by atoms with E-state index in [-0.39, 0.29) is 16.5 Å². The van der Waals surface area contributed by atoms with Gasteiger partial charge in [0.25, 0.3) is 0 Å². The van der Waals surface area contributed by atoms with Gasteiger partial charge >= 0.3 is 0 Å². The van der Waals surface area contributed by atoms with Crippen molar-refractivity contribution in [3.63, 3.8) is 0 Å². The zero-order valence-electron chi connectivity index (χ0n) is 13.1. The monoisotopic (exact) mass is 375 g/mol. The summed E-state index contributed by atoms with van der Waals surface area (Å²) in [7, 11) is -3.40. The van der Waals surface area contributed by atoms with Crippen molar-refractivity contribution in [2.75, 3.05) is 0 Å². The Labute approximate surface area is 145 Å². The second-order valence-corrected chi connectivity index (χ2v) is 9.35. The fourth-order valence-electron chi connectivity index (χ4n) is 2.09. The van der Waals surface area contributed by atoms with Gasteiger partial charge in [-0.1, -0.05) is 31.5 Å². The van der Waals surface area contributed by atoms with E-state index in [1.807, 2.05) is 0 Å². The molecule has 0 N–H and O–H groups in total. The largest absolute Gasteiger partial charge is 0.245 e. The predicted octanol–water partition coefficient (Wildman–Crippen LogP) is 4.64. The Kier molecular flexibility index (Phi) is 6.17. The lowest BCUT2D eigenvalue weighted by Gasteiger charge is -2.05. The maximum Gasteiger partial charge on any atom is 0.160 e. The number of thiazole rings is 1. The summed E-state index contributed by atoms with van der Waals surface area (Å²) in [6.45, 7) is 4.29. The molecule has 1 aromatic carbocycles. The topological polar surface area (TPSA) is 47.0 Å². The molecule has 0 aliphatic rings. The smallest absolute Gasteiger partial charge is 0.160 e. The third kappa shape index (κ3) is 5.86. The summed E-state index contributed by atoms with van der Waals surface area (Å²) in [6.07, 6.45) is 1.90. The number of aryl methyl sites for hydroxylation is 1. The Morgan fingerprint density at radius 2 is 2.04 bits per heavy atom. The summed E-state index contributed by atoms with van der Waals surface area (Å²) in [4.78, 5) is 4.39. The number of benzene rings is 1. The van der Waals surface area contributed by atoms with Crippen molar-refractivity contribution in [2.45, 2.75) is 38.2 Å². The van der Waals surface area contributed by atoms with Gasteiger partial charge in [-0.15, -0.1) is 11.3 Å². The summed E-state index contributed by atoms with van der Waals surface area (Å²) in [5, 5.41) is 2.88. The molecule has 0 radical (unpaired) electrons. The average molecular weight is 376 g/mol. The first-order valence-electron chi connectivity index (χ1n) is 7.33. The molecular formula is C16H19ClFNO2S2. The summed E-state index contributed by atoms with van der Waals surface area (Å²) in [5.41, 5.74) is 0.968. The molecule has 0 amide bonds. The Morgan fingerprint density at radius 3 is 2.70 bits per heavy atom. The lowest BCUT2D eigenvalue weighted by Crippen LogP contribution is -2.08. The van der Waals surface area contributed by atoms with E-state index in [0.29, 0.717) is 17.2 Å². The number of sulfone groups is 1. The van der Waals surface area contributed by atoms with Crippen molar-refractivity contribution >= 4 is 32.8 Å². The van der Waals surface area contributed by atoms with Gasteiger partial charge in [-0.3, -0.25) is 0 Å². The van der Waals surface area contributed by atoms with Crippen LogP contribution < -0.4 is 0 Å². The highest BCUT2D eigenvalue weighted by Gasteiger charge is 2.17. The first-order chi connectivity index (χ1) is 10.7. The van der Waals surface area contributed by atoms with Crippen molar-refractivity contribution in [2.24, 2.45) is 5.92 Å². The van der Waals surface area contributed by atoms with Crippen LogP contribution in [0.5, 0.6) is 0 Å². The maximum atomic E-state index is 13.0. The molecule has 0 saturated carbocycles. The lowest BCUT2D eigenvalue weighted by molar-refractivity contribution is 0.584. The highest BCUT2D eigenvalue weighted by Crippen LogP contribution is 2.22. The number of halogens is 2. The van der Waals surface area contributed by atoms with Crippen LogP contribution in [0.15, 0.2) is 23.6 Å². The minimum absolute atomic E-state index is 0.126. The first-order valence-corrected chi connectivity index (χ1v) is 10.4. The minimum Gasteiger partial charge on any atom is -0.245 e. The highest BCUT2D eigenvalue weighted by molar-refractivity contribution is 7.89. The zero-order valence-corrected chi connectivity index (χ0v) is 15.4. The quantitative estimate of drug-likeness (QED) is 0.708. The van der Waals surface area contributed by atoms with E-state index in [0.717, 1.165) is 23.9 Å². The van der Waals surface area contributed by atoms with Crippen LogP contribution in [0.1, 0.15) is 36.5 Å². The molecule has 126 valence electrons. The number of nitrogens with zero attached hydrogens (tertiary/aromatic N) is 1. The number of aromatic nitrogens is 1. The van der Waals surface area contributed by atoms with Gasteiger partial charge in [-0.05, 0) is 36.5 Å². The normalized spacial score (nSPS) is 12.0. The van der Waals surface area contributed by atoms with Gasteiger partial charge < -0.3 is 0 Å². The van der Waals surface area contributed by atoms with Gasteiger partial charge in [0.2, 0.25) is 0 Å². The standard InChI is InChI=1S/C16H19ClFNO2S2/c1-11(2)3-6-16-19-14(8-22-16)10-23(20,21)9-12-4-5-13(18)7-15(12)17/h4-5,7-8,11H,3,6,9-10H2,1-2H3. The second kappa shape index (κ2) is 7.73. The molecule has 0 aliphatic carbocycles. The zero-order chi connectivity index (χ0) is 17.0. The molecule has 1 aromatic heterocycles. The molecule has 0 bridgehead atoms. The molecule has 0 spiro atoms. The van der Waals surface area contributed by atoms with Crippen molar-refractivity contribution < 1.29 is 12.8 Å². The van der Waals surface area contributed by atoms with E-state index in [1.165, 1.54) is 23.5 Å². The lowest BCUT2D eigenvalue weighted by atomic mass is 10.1. The Morgan fingerprint density at radius 1 is 1.30 bits per heavy atom. The van der Waals surface area contributed by atoms with Gasteiger partial charge in [0.1, 0.15) is 5.82 Å². The average Bonchev–Trinajstić information content (AvgIpc) is 2.86. The van der Waals surface area contributed by atoms with Crippen LogP contribution in [0, 0.1) is 11.7 Å². The van der Waals surface area contributed by atoms with E-state index in [9.17, 15) is 12.8 Å². The minimum atomic E-state index is -3.40. The van der Waals surface area contributed by atoms with E-state index < -0.39 is 15.7 Å². The number of hydrogen-bond donors (Lipinski definition) is 0. The van der Waals surface area contributed by atoms with Crippen LogP contribution in [0.3, 0.4) is 0 Å². The molecule has 0 unspecified atom stereocenters. The van der Waals surface area contributed by atoms with Crippen molar-refractivity contribution in [3.8, 4) is 0 Å². The SMILES string of the molecule is CC(C)CCc1nc(CS(=O)(=O)Cc2ccc(F)cc2Cl)cs1. The van der Waals surface area contributed by atoms with E-state index in [1.54, 1.807) is 5.38 Å². The number of hydrogen-bond acceptors (Lipinski definition) is 4. The van der Waals surface area contributed by atoms with E-state index in [2.05, 4.69) is 18.8 Å². The molecule has 1 heterocycles.